The monoisotopic (exact) mass is 267 g/mol. The molecule has 1 aromatic heterocycles. The molecule has 0 saturated heterocycles. The summed E-state index contributed by atoms with van der Waals surface area (Å²) in [4.78, 5) is 22.4. The van der Waals surface area contributed by atoms with Gasteiger partial charge in [-0.15, -0.1) is 0 Å². The second kappa shape index (κ2) is 4.65. The van der Waals surface area contributed by atoms with Crippen LogP contribution in [0.25, 0.3) is 11.1 Å². The maximum absolute atomic E-state index is 10.9. The summed E-state index contributed by atoms with van der Waals surface area (Å²) in [7, 11) is 0. The molecular weight excluding hydrogens is 254 g/mol. The highest BCUT2D eigenvalue weighted by atomic mass is 16.2. The average Bonchev–Trinajstić information content (AvgIpc) is 3.06. The van der Waals surface area contributed by atoms with E-state index >= 15 is 0 Å². The van der Waals surface area contributed by atoms with E-state index in [1.54, 1.807) is 18.6 Å². The number of aromatic nitrogens is 2. The fraction of sp³-hybridized carbons (Fsp3) is 0.0714. The van der Waals surface area contributed by atoms with E-state index in [4.69, 9.17) is 5.73 Å². The molecule has 0 aliphatic carbocycles. The van der Waals surface area contributed by atoms with Crippen LogP contribution in [0, 0.1) is 0 Å². The van der Waals surface area contributed by atoms with Gasteiger partial charge in [-0.1, -0.05) is 0 Å². The maximum Gasteiger partial charge on any atom is 0.316 e. The Bertz CT molecular complexity index is 728. The van der Waals surface area contributed by atoms with Crippen LogP contribution in [0.4, 0.5) is 16.2 Å². The Morgan fingerprint density at radius 1 is 1.40 bits per heavy atom. The summed E-state index contributed by atoms with van der Waals surface area (Å²) >= 11 is 0. The number of nitrogens with zero attached hydrogens (tertiary/aromatic N) is 2. The molecule has 100 valence electrons. The van der Waals surface area contributed by atoms with Gasteiger partial charge in [0.05, 0.1) is 23.9 Å². The predicted molar refractivity (Wildman–Crippen MR) is 78.9 cm³/mol. The van der Waals surface area contributed by atoms with Crippen LogP contribution >= 0.6 is 0 Å². The summed E-state index contributed by atoms with van der Waals surface area (Å²) in [6.07, 6.45) is 5.21. The van der Waals surface area contributed by atoms with Crippen LogP contribution in [0.1, 0.15) is 18.2 Å². The predicted octanol–water partition coefficient (Wildman–Crippen LogP) is 2.55. The van der Waals surface area contributed by atoms with Crippen LogP contribution in [-0.2, 0) is 0 Å². The molecule has 20 heavy (non-hydrogen) atoms. The Balaban J connectivity index is 2.06. The molecule has 1 aromatic carbocycles. The number of primary amides is 1. The van der Waals surface area contributed by atoms with E-state index in [-0.39, 0.29) is 0 Å². The van der Waals surface area contributed by atoms with Crippen LogP contribution in [0.5, 0.6) is 0 Å². The minimum atomic E-state index is -0.584. The lowest BCUT2D eigenvalue weighted by Gasteiger charge is -2.07. The molecule has 0 saturated carbocycles. The number of nitrogens with two attached hydrogens (primary N) is 1. The minimum absolute atomic E-state index is 0.584. The zero-order chi connectivity index (χ0) is 14.1. The van der Waals surface area contributed by atoms with Crippen molar-refractivity contribution in [3.63, 3.8) is 0 Å². The number of H-pyrrole nitrogens is 1. The van der Waals surface area contributed by atoms with Crippen molar-refractivity contribution in [2.24, 2.45) is 10.7 Å². The first kappa shape index (κ1) is 12.2. The zero-order valence-corrected chi connectivity index (χ0v) is 10.8. The highest BCUT2D eigenvalue weighted by molar-refractivity contribution is 6.24. The number of hydrogen-bond acceptors (Lipinski definition) is 3. The molecule has 0 fully saturated rings. The van der Waals surface area contributed by atoms with Crippen LogP contribution in [0.2, 0.25) is 0 Å². The summed E-state index contributed by atoms with van der Waals surface area (Å²) in [6, 6.07) is 4.90. The molecule has 0 bridgehead atoms. The molecule has 0 atom stereocenters. The molecule has 6 heteroatoms. The van der Waals surface area contributed by atoms with Gasteiger partial charge in [-0.25, -0.2) is 9.78 Å². The number of fused-ring (bicyclic) bond motifs is 1. The summed E-state index contributed by atoms with van der Waals surface area (Å²) in [5.74, 6) is 0. The average molecular weight is 267 g/mol. The Kier molecular flexibility index (Phi) is 2.83. The van der Waals surface area contributed by atoms with E-state index in [2.05, 4.69) is 20.3 Å². The Labute approximate surface area is 115 Å². The van der Waals surface area contributed by atoms with Crippen molar-refractivity contribution >= 4 is 34.8 Å². The van der Waals surface area contributed by atoms with Gasteiger partial charge in [0.1, 0.15) is 0 Å². The molecule has 1 aliphatic heterocycles. The number of allylic oxidation sites excluding steroid dienone is 2. The molecule has 4 N–H and O–H groups in total. The van der Waals surface area contributed by atoms with E-state index in [0.717, 1.165) is 28.1 Å². The SMILES string of the molecule is CC(=C1C=Nc2ccc(NC(N)=O)cc21)c1cnc[nH]1. The Hall–Kier alpha value is -2.89. The van der Waals surface area contributed by atoms with Crippen molar-refractivity contribution in [1.82, 2.24) is 9.97 Å². The summed E-state index contributed by atoms with van der Waals surface area (Å²) in [5, 5.41) is 2.57. The Morgan fingerprint density at radius 2 is 2.25 bits per heavy atom. The quantitative estimate of drug-likeness (QED) is 0.779. The topological polar surface area (TPSA) is 96.2 Å². The van der Waals surface area contributed by atoms with Gasteiger partial charge >= 0.3 is 6.03 Å². The van der Waals surface area contributed by atoms with Gasteiger partial charge in [-0.2, -0.15) is 0 Å². The van der Waals surface area contributed by atoms with Gasteiger partial charge in [0.2, 0.25) is 0 Å². The lowest BCUT2D eigenvalue weighted by molar-refractivity contribution is 0.259. The summed E-state index contributed by atoms with van der Waals surface area (Å²) in [6.45, 7) is 2.00. The van der Waals surface area contributed by atoms with Crippen molar-refractivity contribution in [1.29, 1.82) is 0 Å². The molecule has 0 unspecified atom stereocenters. The van der Waals surface area contributed by atoms with Gasteiger partial charge in [0.15, 0.2) is 0 Å². The number of benzene rings is 1. The third-order valence-corrected chi connectivity index (χ3v) is 3.19. The van der Waals surface area contributed by atoms with Crippen molar-refractivity contribution in [2.45, 2.75) is 6.92 Å². The molecule has 2 aromatic rings. The van der Waals surface area contributed by atoms with Crippen molar-refractivity contribution in [2.75, 3.05) is 5.32 Å². The molecule has 3 rings (SSSR count). The molecule has 2 heterocycles. The van der Waals surface area contributed by atoms with E-state index in [9.17, 15) is 4.79 Å². The van der Waals surface area contributed by atoms with Crippen LogP contribution in [-0.4, -0.2) is 22.2 Å². The van der Waals surface area contributed by atoms with E-state index in [1.807, 2.05) is 25.3 Å². The number of hydrogen-bond donors (Lipinski definition) is 3. The van der Waals surface area contributed by atoms with Crippen molar-refractivity contribution in [3.05, 3.63) is 42.0 Å². The normalized spacial score (nSPS) is 15.1. The first-order chi connectivity index (χ1) is 9.65. The number of urea groups is 1. The standard InChI is InChI=1S/C14H13N5O/c1-8(13-6-16-7-18-13)11-5-17-12-3-2-9(4-10(11)12)19-14(15)20/h2-7H,1H3,(H,16,18)(H3,15,19,20). The fourth-order valence-corrected chi connectivity index (χ4v) is 2.19. The van der Waals surface area contributed by atoms with Gasteiger partial charge < -0.3 is 16.0 Å². The summed E-state index contributed by atoms with van der Waals surface area (Å²) < 4.78 is 0. The molecule has 6 nitrogen and oxygen atoms in total. The number of aromatic amines is 1. The van der Waals surface area contributed by atoms with Gasteiger partial charge in [-0.3, -0.25) is 4.99 Å². The lowest BCUT2D eigenvalue weighted by atomic mass is 10.00. The number of nitrogens with one attached hydrogen (secondary N) is 2. The number of imidazole rings is 1. The number of amides is 2. The van der Waals surface area contributed by atoms with Gasteiger partial charge in [0.25, 0.3) is 0 Å². The zero-order valence-electron chi connectivity index (χ0n) is 10.8. The van der Waals surface area contributed by atoms with E-state index in [0.29, 0.717) is 5.69 Å². The second-order valence-electron chi connectivity index (χ2n) is 4.48. The number of carbonyl (C=O) groups is 1. The van der Waals surface area contributed by atoms with Crippen LogP contribution in [0.3, 0.4) is 0 Å². The number of rotatable bonds is 2. The fourth-order valence-electron chi connectivity index (χ4n) is 2.19. The van der Waals surface area contributed by atoms with Crippen molar-refractivity contribution in [3.8, 4) is 0 Å². The number of carbonyl (C=O) groups excluding carboxylic acids is 1. The molecular formula is C14H13N5O. The minimum Gasteiger partial charge on any atom is -0.351 e. The molecule has 2 amide bonds. The highest BCUT2D eigenvalue weighted by Crippen LogP contribution is 2.37. The third kappa shape index (κ3) is 2.07. The van der Waals surface area contributed by atoms with Gasteiger partial charge in [-0.05, 0) is 30.7 Å². The summed E-state index contributed by atoms with van der Waals surface area (Å²) in [5.41, 5.74) is 10.6. The van der Waals surface area contributed by atoms with E-state index in [1.165, 1.54) is 0 Å². The highest BCUT2D eigenvalue weighted by Gasteiger charge is 2.16. The van der Waals surface area contributed by atoms with Crippen LogP contribution in [0.15, 0.2) is 35.7 Å². The Morgan fingerprint density at radius 3 is 2.95 bits per heavy atom. The third-order valence-electron chi connectivity index (χ3n) is 3.19. The maximum atomic E-state index is 10.9. The lowest BCUT2D eigenvalue weighted by Crippen LogP contribution is -2.19. The number of aliphatic imine (C=N–C) groups is 1. The molecule has 0 spiro atoms. The second-order valence-corrected chi connectivity index (χ2v) is 4.48. The molecule has 0 radical (unpaired) electrons. The first-order valence-corrected chi connectivity index (χ1v) is 6.10. The smallest absolute Gasteiger partial charge is 0.316 e. The van der Waals surface area contributed by atoms with E-state index < -0.39 is 6.03 Å². The number of anilines is 1. The van der Waals surface area contributed by atoms with Crippen molar-refractivity contribution < 1.29 is 4.79 Å². The molecule has 1 aliphatic rings. The van der Waals surface area contributed by atoms with Crippen LogP contribution < -0.4 is 11.1 Å². The largest absolute Gasteiger partial charge is 0.351 e. The first-order valence-electron chi connectivity index (χ1n) is 6.10. The van der Waals surface area contributed by atoms with Gasteiger partial charge in [0, 0.05) is 23.0 Å².